The molecule has 0 aromatic carbocycles. The largest absolute Gasteiger partial charge is 0.354 e. The SMILES string of the molecule is ClC1CCCC1CNc1ncccn1. The standard InChI is InChI=1S/C10H14ClN3/c11-9-4-1-3-8(9)7-14-10-12-5-2-6-13-10/h2,5-6,8-9H,1,3-4,7H2,(H,12,13,14). The molecule has 1 fully saturated rings. The fourth-order valence-corrected chi connectivity index (χ4v) is 2.20. The molecular weight excluding hydrogens is 198 g/mol. The topological polar surface area (TPSA) is 37.8 Å². The molecule has 1 aliphatic rings. The maximum atomic E-state index is 6.16. The lowest BCUT2D eigenvalue weighted by Gasteiger charge is -2.13. The van der Waals surface area contributed by atoms with Crippen LogP contribution in [0.5, 0.6) is 0 Å². The first kappa shape index (κ1) is 9.71. The third kappa shape index (κ3) is 2.35. The minimum Gasteiger partial charge on any atom is -0.354 e. The maximum absolute atomic E-state index is 6.16. The smallest absolute Gasteiger partial charge is 0.222 e. The van der Waals surface area contributed by atoms with Crippen LogP contribution < -0.4 is 5.32 Å². The van der Waals surface area contributed by atoms with Crippen LogP contribution in [0.1, 0.15) is 19.3 Å². The molecule has 0 bridgehead atoms. The predicted octanol–water partition coefficient (Wildman–Crippen LogP) is 2.30. The van der Waals surface area contributed by atoms with Gasteiger partial charge in [-0.3, -0.25) is 0 Å². The number of hydrogen-bond acceptors (Lipinski definition) is 3. The molecule has 2 atom stereocenters. The van der Waals surface area contributed by atoms with Crippen molar-refractivity contribution in [3.05, 3.63) is 18.5 Å². The van der Waals surface area contributed by atoms with Crippen LogP contribution in [-0.2, 0) is 0 Å². The second-order valence-corrected chi connectivity index (χ2v) is 4.22. The molecule has 1 saturated carbocycles. The molecule has 4 heteroatoms. The summed E-state index contributed by atoms with van der Waals surface area (Å²) >= 11 is 6.16. The summed E-state index contributed by atoms with van der Waals surface area (Å²) in [5.41, 5.74) is 0. The Kier molecular flexibility index (Phi) is 3.19. The average molecular weight is 212 g/mol. The lowest BCUT2D eigenvalue weighted by atomic mass is 10.1. The van der Waals surface area contributed by atoms with Crippen LogP contribution in [0.25, 0.3) is 0 Å². The molecule has 14 heavy (non-hydrogen) atoms. The molecule has 2 unspecified atom stereocenters. The summed E-state index contributed by atoms with van der Waals surface area (Å²) in [6, 6.07) is 1.81. The highest BCUT2D eigenvalue weighted by Crippen LogP contribution is 2.29. The van der Waals surface area contributed by atoms with Crippen LogP contribution in [0.15, 0.2) is 18.5 Å². The van der Waals surface area contributed by atoms with Gasteiger partial charge in [0.1, 0.15) is 0 Å². The number of hydrogen-bond donors (Lipinski definition) is 1. The molecule has 0 amide bonds. The highest BCUT2D eigenvalue weighted by molar-refractivity contribution is 6.20. The molecule has 76 valence electrons. The van der Waals surface area contributed by atoms with E-state index in [2.05, 4.69) is 15.3 Å². The van der Waals surface area contributed by atoms with Gasteiger partial charge < -0.3 is 5.32 Å². The molecule has 1 aromatic rings. The van der Waals surface area contributed by atoms with Gasteiger partial charge in [0.15, 0.2) is 0 Å². The van der Waals surface area contributed by atoms with Crippen molar-refractivity contribution < 1.29 is 0 Å². The van der Waals surface area contributed by atoms with Gasteiger partial charge in [-0.15, -0.1) is 11.6 Å². The van der Waals surface area contributed by atoms with Crippen LogP contribution in [0.2, 0.25) is 0 Å². The molecule has 2 rings (SSSR count). The quantitative estimate of drug-likeness (QED) is 0.780. The zero-order valence-electron chi connectivity index (χ0n) is 7.99. The summed E-state index contributed by atoms with van der Waals surface area (Å²) < 4.78 is 0. The van der Waals surface area contributed by atoms with E-state index in [1.807, 2.05) is 6.07 Å². The molecule has 0 saturated heterocycles. The molecule has 0 aliphatic heterocycles. The van der Waals surface area contributed by atoms with Crippen molar-refractivity contribution in [2.45, 2.75) is 24.6 Å². The summed E-state index contributed by atoms with van der Waals surface area (Å²) in [6.07, 6.45) is 7.08. The van der Waals surface area contributed by atoms with Gasteiger partial charge in [0.25, 0.3) is 0 Å². The minimum absolute atomic E-state index is 0.325. The van der Waals surface area contributed by atoms with E-state index in [0.29, 0.717) is 17.2 Å². The third-order valence-electron chi connectivity index (χ3n) is 2.65. The number of rotatable bonds is 3. The molecule has 1 N–H and O–H groups in total. The first-order valence-electron chi connectivity index (χ1n) is 5.01. The molecular formula is C10H14ClN3. The van der Waals surface area contributed by atoms with Crippen LogP contribution in [-0.4, -0.2) is 21.9 Å². The van der Waals surface area contributed by atoms with Crippen LogP contribution in [0, 0.1) is 5.92 Å². The Morgan fingerprint density at radius 1 is 1.36 bits per heavy atom. The highest BCUT2D eigenvalue weighted by Gasteiger charge is 2.24. The van der Waals surface area contributed by atoms with E-state index in [-0.39, 0.29) is 0 Å². The summed E-state index contributed by atoms with van der Waals surface area (Å²) in [4.78, 5) is 8.20. The minimum atomic E-state index is 0.325. The lowest BCUT2D eigenvalue weighted by molar-refractivity contribution is 0.584. The van der Waals surface area contributed by atoms with Crippen molar-refractivity contribution in [3.8, 4) is 0 Å². The lowest BCUT2D eigenvalue weighted by Crippen LogP contribution is -2.19. The highest BCUT2D eigenvalue weighted by atomic mass is 35.5. The second-order valence-electron chi connectivity index (χ2n) is 3.66. The Labute approximate surface area is 88.9 Å². The molecule has 0 radical (unpaired) electrons. The maximum Gasteiger partial charge on any atom is 0.222 e. The first-order valence-corrected chi connectivity index (χ1v) is 5.45. The normalized spacial score (nSPS) is 26.4. The molecule has 1 heterocycles. The monoisotopic (exact) mass is 211 g/mol. The third-order valence-corrected chi connectivity index (χ3v) is 3.23. The molecule has 3 nitrogen and oxygen atoms in total. The van der Waals surface area contributed by atoms with E-state index >= 15 is 0 Å². The van der Waals surface area contributed by atoms with E-state index < -0.39 is 0 Å². The molecule has 1 aromatic heterocycles. The summed E-state index contributed by atoms with van der Waals surface area (Å²) in [5.74, 6) is 1.27. The summed E-state index contributed by atoms with van der Waals surface area (Å²) in [5, 5.41) is 3.54. The zero-order valence-corrected chi connectivity index (χ0v) is 8.74. The van der Waals surface area contributed by atoms with Gasteiger partial charge in [-0.1, -0.05) is 6.42 Å². The summed E-state index contributed by atoms with van der Waals surface area (Å²) in [6.45, 7) is 0.887. The Balaban J connectivity index is 1.82. The number of aromatic nitrogens is 2. The van der Waals surface area contributed by atoms with Gasteiger partial charge in [0.2, 0.25) is 5.95 Å². The van der Waals surface area contributed by atoms with E-state index in [1.54, 1.807) is 12.4 Å². The van der Waals surface area contributed by atoms with Crippen molar-refractivity contribution in [1.29, 1.82) is 0 Å². The summed E-state index contributed by atoms with van der Waals surface area (Å²) in [7, 11) is 0. The van der Waals surface area contributed by atoms with Crippen molar-refractivity contribution in [3.63, 3.8) is 0 Å². The van der Waals surface area contributed by atoms with E-state index in [1.165, 1.54) is 12.8 Å². The first-order chi connectivity index (χ1) is 6.86. The number of nitrogens with one attached hydrogen (secondary N) is 1. The van der Waals surface area contributed by atoms with Gasteiger partial charge >= 0.3 is 0 Å². The van der Waals surface area contributed by atoms with Gasteiger partial charge in [-0.2, -0.15) is 0 Å². The van der Waals surface area contributed by atoms with Crippen LogP contribution >= 0.6 is 11.6 Å². The van der Waals surface area contributed by atoms with Gasteiger partial charge in [0.05, 0.1) is 0 Å². The average Bonchev–Trinajstić information content (AvgIpc) is 2.63. The Hall–Kier alpha value is -0.830. The molecule has 1 aliphatic carbocycles. The van der Waals surface area contributed by atoms with Gasteiger partial charge in [-0.25, -0.2) is 9.97 Å². The van der Waals surface area contributed by atoms with Crippen molar-refractivity contribution in [2.24, 2.45) is 5.92 Å². The van der Waals surface area contributed by atoms with Gasteiger partial charge in [-0.05, 0) is 24.8 Å². The van der Waals surface area contributed by atoms with Crippen molar-refractivity contribution >= 4 is 17.5 Å². The van der Waals surface area contributed by atoms with Crippen molar-refractivity contribution in [2.75, 3.05) is 11.9 Å². The van der Waals surface area contributed by atoms with E-state index in [0.717, 1.165) is 13.0 Å². The van der Waals surface area contributed by atoms with Crippen molar-refractivity contribution in [1.82, 2.24) is 9.97 Å². The fraction of sp³-hybridized carbons (Fsp3) is 0.600. The second kappa shape index (κ2) is 4.60. The van der Waals surface area contributed by atoms with E-state index in [4.69, 9.17) is 11.6 Å². The Morgan fingerprint density at radius 3 is 2.79 bits per heavy atom. The Morgan fingerprint density at radius 2 is 2.14 bits per heavy atom. The van der Waals surface area contributed by atoms with Gasteiger partial charge in [0, 0.05) is 24.3 Å². The number of anilines is 1. The molecule has 0 spiro atoms. The number of nitrogens with zero attached hydrogens (tertiary/aromatic N) is 2. The Bertz CT molecular complexity index is 278. The van der Waals surface area contributed by atoms with Crippen LogP contribution in [0.4, 0.5) is 5.95 Å². The zero-order chi connectivity index (χ0) is 9.80. The predicted molar refractivity (Wildman–Crippen MR) is 57.5 cm³/mol. The van der Waals surface area contributed by atoms with E-state index in [9.17, 15) is 0 Å². The fourth-order valence-electron chi connectivity index (χ4n) is 1.83. The number of halogens is 1. The van der Waals surface area contributed by atoms with Crippen LogP contribution in [0.3, 0.4) is 0 Å². The number of alkyl halides is 1.